The van der Waals surface area contributed by atoms with Crippen LogP contribution in [0.4, 0.5) is 5.69 Å². The highest BCUT2D eigenvalue weighted by molar-refractivity contribution is 5.92. The molecule has 0 fully saturated rings. The van der Waals surface area contributed by atoms with Crippen molar-refractivity contribution in [2.75, 3.05) is 5.32 Å². The van der Waals surface area contributed by atoms with E-state index in [-0.39, 0.29) is 6.04 Å². The lowest BCUT2D eigenvalue weighted by atomic mass is 9.93. The van der Waals surface area contributed by atoms with Crippen LogP contribution in [0, 0.1) is 0 Å². The quantitative estimate of drug-likeness (QED) is 0.389. The number of rotatable bonds is 2. The van der Waals surface area contributed by atoms with Gasteiger partial charge in [-0.05, 0) is 46.9 Å². The molecule has 1 aromatic heterocycles. The van der Waals surface area contributed by atoms with Crippen molar-refractivity contribution in [3.63, 3.8) is 0 Å². The average Bonchev–Trinajstić information content (AvgIpc) is 3.42. The molecular weight excluding hydrogens is 390 g/mol. The van der Waals surface area contributed by atoms with Crippen molar-refractivity contribution in [3.8, 4) is 22.3 Å². The summed E-state index contributed by atoms with van der Waals surface area (Å²) >= 11 is 0. The third-order valence-electron chi connectivity index (χ3n) is 6.73. The van der Waals surface area contributed by atoms with Crippen molar-refractivity contribution < 1.29 is 4.42 Å². The number of furan rings is 1. The number of para-hydroxylation sites is 1. The summed E-state index contributed by atoms with van der Waals surface area (Å²) in [6.07, 6.45) is 3.29. The predicted molar refractivity (Wildman–Crippen MR) is 132 cm³/mol. The number of hydrogen-bond donors (Lipinski definition) is 1. The Morgan fingerprint density at radius 2 is 1.44 bits per heavy atom. The van der Waals surface area contributed by atoms with Gasteiger partial charge in [0.2, 0.25) is 0 Å². The van der Waals surface area contributed by atoms with Crippen molar-refractivity contribution in [3.05, 3.63) is 113 Å². The van der Waals surface area contributed by atoms with Gasteiger partial charge in [-0.1, -0.05) is 84.9 Å². The highest BCUT2D eigenvalue weighted by Crippen LogP contribution is 2.39. The van der Waals surface area contributed by atoms with Crippen LogP contribution in [-0.4, -0.2) is 6.04 Å². The molecule has 2 aliphatic rings. The normalized spacial score (nSPS) is 16.1. The van der Waals surface area contributed by atoms with E-state index in [0.717, 1.165) is 17.4 Å². The van der Waals surface area contributed by atoms with E-state index in [1.54, 1.807) is 0 Å². The topological polar surface area (TPSA) is 25.2 Å². The van der Waals surface area contributed by atoms with E-state index in [9.17, 15) is 0 Å². The van der Waals surface area contributed by atoms with E-state index in [1.807, 2.05) is 6.07 Å². The highest BCUT2D eigenvalue weighted by atomic mass is 16.3. The van der Waals surface area contributed by atoms with Gasteiger partial charge in [-0.15, -0.1) is 0 Å². The van der Waals surface area contributed by atoms with Gasteiger partial charge in [0.05, 0.1) is 6.04 Å². The Hall–Kier alpha value is -4.04. The summed E-state index contributed by atoms with van der Waals surface area (Å²) in [6.45, 7) is 0. The summed E-state index contributed by atoms with van der Waals surface area (Å²) in [6, 6.07) is 34.7. The fourth-order valence-electron chi connectivity index (χ4n) is 5.20. The fraction of sp³-hybridized carbons (Fsp3) is 0.0667. The zero-order valence-corrected chi connectivity index (χ0v) is 17.5. The Labute approximate surface area is 186 Å². The van der Waals surface area contributed by atoms with Crippen LogP contribution in [-0.2, 0) is 0 Å². The van der Waals surface area contributed by atoms with Crippen LogP contribution >= 0.6 is 0 Å². The molecule has 1 aliphatic heterocycles. The average molecular weight is 412 g/mol. The standard InChI is InChI=1S/C30H21NO/c1-2-7-19(8-3-1)20-9-6-10-21(17-20)22-13-14-25-27(18-22)31-26-16-15-24-23-11-4-5-12-28(23)32-30(24)29(25)26/h1-15,17-18,26,31H,16H2. The molecule has 7 rings (SSSR count). The van der Waals surface area contributed by atoms with E-state index in [4.69, 9.17) is 4.42 Å². The Kier molecular flexibility index (Phi) is 3.71. The van der Waals surface area contributed by atoms with E-state index >= 15 is 0 Å². The molecule has 0 amide bonds. The molecule has 4 aromatic carbocycles. The molecule has 2 heteroatoms. The van der Waals surface area contributed by atoms with Crippen LogP contribution in [0.3, 0.4) is 0 Å². The second kappa shape index (κ2) is 6.73. The van der Waals surface area contributed by atoms with Crippen LogP contribution in [0.2, 0.25) is 0 Å². The zero-order chi connectivity index (χ0) is 21.1. The smallest absolute Gasteiger partial charge is 0.141 e. The molecule has 2 nitrogen and oxygen atoms in total. The summed E-state index contributed by atoms with van der Waals surface area (Å²) in [5.74, 6) is 0. The van der Waals surface area contributed by atoms with Gasteiger partial charge in [0.1, 0.15) is 11.0 Å². The van der Waals surface area contributed by atoms with Gasteiger partial charge in [0.25, 0.3) is 0 Å². The Balaban J connectivity index is 1.36. The minimum atomic E-state index is 0.268. The van der Waals surface area contributed by atoms with E-state index in [1.165, 1.54) is 49.7 Å². The minimum absolute atomic E-state index is 0.268. The fourth-order valence-corrected chi connectivity index (χ4v) is 5.20. The zero-order valence-electron chi connectivity index (χ0n) is 17.5. The predicted octanol–water partition coefficient (Wildman–Crippen LogP) is 5.94. The van der Waals surface area contributed by atoms with E-state index in [2.05, 4.69) is 102 Å². The molecule has 2 heterocycles. The van der Waals surface area contributed by atoms with Gasteiger partial charge >= 0.3 is 0 Å². The van der Waals surface area contributed by atoms with E-state index < -0.39 is 0 Å². The van der Waals surface area contributed by atoms with Crippen LogP contribution in [0.1, 0.15) is 12.0 Å². The van der Waals surface area contributed by atoms with Gasteiger partial charge in [0, 0.05) is 27.4 Å². The lowest BCUT2D eigenvalue weighted by molar-refractivity contribution is 0.567. The third kappa shape index (κ3) is 2.59. The first kappa shape index (κ1) is 17.6. The van der Waals surface area contributed by atoms with Crippen LogP contribution in [0.5, 0.6) is 0 Å². The molecular formula is C30H21NO. The number of benzene rings is 4. The summed E-state index contributed by atoms with van der Waals surface area (Å²) in [4.78, 5) is 0. The minimum Gasteiger partial charge on any atom is -0.456 e. The van der Waals surface area contributed by atoms with Crippen LogP contribution in [0.25, 0.3) is 44.9 Å². The number of hydrogen-bond acceptors (Lipinski definition) is 2. The number of fused-ring (bicyclic) bond motifs is 6. The van der Waals surface area contributed by atoms with Crippen molar-refractivity contribution >= 4 is 28.3 Å². The Bertz CT molecular complexity index is 1630. The first-order chi connectivity index (χ1) is 15.8. The van der Waals surface area contributed by atoms with Crippen molar-refractivity contribution in [2.45, 2.75) is 12.5 Å². The second-order valence-electron chi connectivity index (χ2n) is 8.60. The molecule has 32 heavy (non-hydrogen) atoms. The monoisotopic (exact) mass is 411 g/mol. The van der Waals surface area contributed by atoms with Crippen molar-refractivity contribution in [1.82, 2.24) is 0 Å². The maximum Gasteiger partial charge on any atom is 0.141 e. The molecule has 0 saturated carbocycles. The maximum absolute atomic E-state index is 6.33. The SMILES string of the molecule is C1=c2c(oc3ccccc23)=C2c3ccc(-c4cccc(-c5ccccc5)c4)cc3NC2C1. The first-order valence-electron chi connectivity index (χ1n) is 11.1. The Morgan fingerprint density at radius 3 is 2.34 bits per heavy atom. The summed E-state index contributed by atoms with van der Waals surface area (Å²) in [5, 5.41) is 6.19. The molecule has 0 bridgehead atoms. The summed E-state index contributed by atoms with van der Waals surface area (Å²) in [5.41, 5.74) is 10.6. The second-order valence-corrected chi connectivity index (χ2v) is 8.60. The van der Waals surface area contributed by atoms with Crippen molar-refractivity contribution in [1.29, 1.82) is 0 Å². The summed E-state index contributed by atoms with van der Waals surface area (Å²) in [7, 11) is 0. The molecule has 0 saturated heterocycles. The van der Waals surface area contributed by atoms with Gasteiger partial charge in [-0.2, -0.15) is 0 Å². The van der Waals surface area contributed by atoms with Crippen LogP contribution in [0.15, 0.2) is 101 Å². The maximum atomic E-state index is 6.33. The van der Waals surface area contributed by atoms with Gasteiger partial charge in [-0.25, -0.2) is 0 Å². The van der Waals surface area contributed by atoms with E-state index in [0.29, 0.717) is 0 Å². The molecule has 1 unspecified atom stereocenters. The molecule has 152 valence electrons. The van der Waals surface area contributed by atoms with Crippen LogP contribution < -0.4 is 16.0 Å². The molecule has 1 atom stereocenters. The largest absolute Gasteiger partial charge is 0.456 e. The molecule has 5 aromatic rings. The van der Waals surface area contributed by atoms with Gasteiger partial charge in [-0.3, -0.25) is 0 Å². The highest BCUT2D eigenvalue weighted by Gasteiger charge is 2.30. The molecule has 0 radical (unpaired) electrons. The lowest BCUT2D eigenvalue weighted by Gasteiger charge is -2.12. The lowest BCUT2D eigenvalue weighted by Crippen LogP contribution is -2.33. The third-order valence-corrected chi connectivity index (χ3v) is 6.73. The molecule has 0 spiro atoms. The first-order valence-corrected chi connectivity index (χ1v) is 11.1. The Morgan fingerprint density at radius 1 is 0.688 bits per heavy atom. The molecule has 1 aliphatic carbocycles. The summed E-state index contributed by atoms with van der Waals surface area (Å²) < 4.78 is 6.33. The van der Waals surface area contributed by atoms with Crippen molar-refractivity contribution in [2.24, 2.45) is 0 Å². The molecule has 1 N–H and O–H groups in total. The number of anilines is 1. The van der Waals surface area contributed by atoms with Gasteiger partial charge in [0.15, 0.2) is 0 Å². The number of nitrogens with one attached hydrogen (secondary N) is 1. The van der Waals surface area contributed by atoms with Gasteiger partial charge < -0.3 is 9.73 Å².